The summed E-state index contributed by atoms with van der Waals surface area (Å²) in [6, 6.07) is 6.94. The van der Waals surface area contributed by atoms with E-state index in [9.17, 15) is 12.8 Å². The van der Waals surface area contributed by atoms with E-state index in [1.54, 1.807) is 13.0 Å². The maximum absolute atomic E-state index is 13.6. The van der Waals surface area contributed by atoms with E-state index < -0.39 is 15.8 Å². The van der Waals surface area contributed by atoms with Gasteiger partial charge in [-0.05, 0) is 31.2 Å². The highest BCUT2D eigenvalue weighted by Gasteiger charge is 2.20. The Bertz CT molecular complexity index is 732. The van der Waals surface area contributed by atoms with Crippen LogP contribution >= 0.6 is 0 Å². The second-order valence-corrected chi connectivity index (χ2v) is 5.86. The lowest BCUT2D eigenvalue weighted by atomic mass is 10.2. The fourth-order valence-corrected chi connectivity index (χ4v) is 3.12. The Kier molecular flexibility index (Phi) is 4.01. The molecule has 20 heavy (non-hydrogen) atoms. The zero-order chi connectivity index (χ0) is 14.8. The average Bonchev–Trinajstić information content (AvgIpc) is 2.38. The molecule has 1 heterocycles. The van der Waals surface area contributed by atoms with Crippen LogP contribution in [0, 0.1) is 12.7 Å². The molecule has 1 aromatic carbocycles. The van der Waals surface area contributed by atoms with Gasteiger partial charge in [-0.1, -0.05) is 6.07 Å². The van der Waals surface area contributed by atoms with Gasteiger partial charge in [0.15, 0.2) is 0 Å². The number of nitrogens with one attached hydrogen (secondary N) is 1. The molecular weight excluding hydrogens is 281 g/mol. The van der Waals surface area contributed by atoms with Crippen molar-refractivity contribution in [2.75, 3.05) is 4.72 Å². The van der Waals surface area contributed by atoms with Crippen molar-refractivity contribution in [3.8, 4) is 0 Å². The van der Waals surface area contributed by atoms with E-state index >= 15 is 0 Å². The second-order valence-electron chi connectivity index (χ2n) is 4.21. The standard InChI is InChI=1S/C13H14FN3O2S/c1-9-7-10(5-6-16-9)17-20(18,19)13-4-2-3-12(14)11(13)8-15/h2-7H,8,15H2,1H3,(H,16,17). The molecule has 0 fully saturated rings. The molecule has 3 N–H and O–H groups in total. The van der Waals surface area contributed by atoms with Crippen LogP contribution in [0.1, 0.15) is 11.3 Å². The van der Waals surface area contributed by atoms with Gasteiger partial charge in [-0.3, -0.25) is 9.71 Å². The highest BCUT2D eigenvalue weighted by molar-refractivity contribution is 7.92. The number of nitrogens with zero attached hydrogens (tertiary/aromatic N) is 1. The lowest BCUT2D eigenvalue weighted by Gasteiger charge is -2.12. The molecule has 0 bridgehead atoms. The number of aryl methyl sites for hydroxylation is 1. The summed E-state index contributed by atoms with van der Waals surface area (Å²) >= 11 is 0. The Labute approximate surface area is 116 Å². The number of hydrogen-bond donors (Lipinski definition) is 2. The molecule has 1 aromatic heterocycles. The molecule has 0 amide bonds. The molecule has 2 aromatic rings. The van der Waals surface area contributed by atoms with Gasteiger partial charge in [-0.25, -0.2) is 12.8 Å². The van der Waals surface area contributed by atoms with E-state index in [1.807, 2.05) is 0 Å². The molecule has 0 atom stereocenters. The number of hydrogen-bond acceptors (Lipinski definition) is 4. The number of aromatic nitrogens is 1. The van der Waals surface area contributed by atoms with Crippen LogP contribution in [-0.2, 0) is 16.6 Å². The Morgan fingerprint density at radius 1 is 1.35 bits per heavy atom. The van der Waals surface area contributed by atoms with Gasteiger partial charge in [0.1, 0.15) is 5.82 Å². The normalized spacial score (nSPS) is 11.3. The van der Waals surface area contributed by atoms with Crippen molar-refractivity contribution in [3.63, 3.8) is 0 Å². The summed E-state index contributed by atoms with van der Waals surface area (Å²) in [6.07, 6.45) is 1.49. The number of anilines is 1. The van der Waals surface area contributed by atoms with Crippen LogP contribution in [0.4, 0.5) is 10.1 Å². The zero-order valence-corrected chi connectivity index (χ0v) is 11.6. The second kappa shape index (κ2) is 5.56. The van der Waals surface area contributed by atoms with E-state index in [0.717, 1.165) is 0 Å². The SMILES string of the molecule is Cc1cc(NS(=O)(=O)c2cccc(F)c2CN)ccn1. The van der Waals surface area contributed by atoms with Crippen LogP contribution in [0.2, 0.25) is 0 Å². The lowest BCUT2D eigenvalue weighted by molar-refractivity contribution is 0.585. The molecule has 0 spiro atoms. The van der Waals surface area contributed by atoms with Crippen molar-refractivity contribution in [1.29, 1.82) is 0 Å². The van der Waals surface area contributed by atoms with Crippen LogP contribution in [0.25, 0.3) is 0 Å². The first kappa shape index (κ1) is 14.4. The van der Waals surface area contributed by atoms with Crippen LogP contribution in [0.15, 0.2) is 41.4 Å². The number of benzene rings is 1. The number of pyridine rings is 1. The average molecular weight is 295 g/mol. The lowest BCUT2D eigenvalue weighted by Crippen LogP contribution is -2.17. The van der Waals surface area contributed by atoms with Crippen molar-refractivity contribution in [1.82, 2.24) is 4.98 Å². The number of sulfonamides is 1. The first-order valence-electron chi connectivity index (χ1n) is 5.87. The predicted molar refractivity (Wildman–Crippen MR) is 74.1 cm³/mol. The van der Waals surface area contributed by atoms with E-state index in [4.69, 9.17) is 5.73 Å². The Morgan fingerprint density at radius 2 is 2.10 bits per heavy atom. The van der Waals surface area contributed by atoms with Gasteiger partial charge in [0, 0.05) is 24.0 Å². The smallest absolute Gasteiger partial charge is 0.262 e. The Hall–Kier alpha value is -1.99. The predicted octanol–water partition coefficient (Wildman–Crippen LogP) is 1.79. The van der Waals surface area contributed by atoms with Gasteiger partial charge >= 0.3 is 0 Å². The number of halogens is 1. The largest absolute Gasteiger partial charge is 0.326 e. The van der Waals surface area contributed by atoms with Gasteiger partial charge in [0.2, 0.25) is 0 Å². The fraction of sp³-hybridized carbons (Fsp3) is 0.154. The minimum Gasteiger partial charge on any atom is -0.326 e. The minimum absolute atomic E-state index is 0.0363. The van der Waals surface area contributed by atoms with Crippen molar-refractivity contribution >= 4 is 15.7 Å². The number of rotatable bonds is 4. The topological polar surface area (TPSA) is 85.1 Å². The number of nitrogens with two attached hydrogens (primary N) is 1. The molecule has 0 saturated carbocycles. The molecule has 0 radical (unpaired) electrons. The molecule has 2 rings (SSSR count). The molecule has 7 heteroatoms. The summed E-state index contributed by atoms with van der Waals surface area (Å²) < 4.78 is 40.6. The summed E-state index contributed by atoms with van der Waals surface area (Å²) in [4.78, 5) is 3.82. The van der Waals surface area contributed by atoms with Gasteiger partial charge in [0.05, 0.1) is 10.6 Å². The molecule has 106 valence electrons. The monoisotopic (exact) mass is 295 g/mol. The Balaban J connectivity index is 2.43. The van der Waals surface area contributed by atoms with Crippen LogP contribution in [0.3, 0.4) is 0 Å². The molecule has 0 aliphatic rings. The quantitative estimate of drug-likeness (QED) is 0.900. The maximum Gasteiger partial charge on any atom is 0.262 e. The molecule has 0 saturated heterocycles. The van der Waals surface area contributed by atoms with E-state index in [1.165, 1.54) is 30.5 Å². The fourth-order valence-electron chi connectivity index (χ4n) is 1.81. The molecule has 0 unspecified atom stereocenters. The van der Waals surface area contributed by atoms with Crippen molar-refractivity contribution in [3.05, 3.63) is 53.6 Å². The van der Waals surface area contributed by atoms with Crippen molar-refractivity contribution in [2.24, 2.45) is 5.73 Å². The minimum atomic E-state index is -3.89. The zero-order valence-electron chi connectivity index (χ0n) is 10.8. The van der Waals surface area contributed by atoms with Gasteiger partial charge in [-0.15, -0.1) is 0 Å². The highest BCUT2D eigenvalue weighted by Crippen LogP contribution is 2.21. The van der Waals surface area contributed by atoms with Gasteiger partial charge in [0.25, 0.3) is 10.0 Å². The third-order valence-electron chi connectivity index (χ3n) is 2.72. The highest BCUT2D eigenvalue weighted by atomic mass is 32.2. The van der Waals surface area contributed by atoms with E-state index in [0.29, 0.717) is 11.4 Å². The molecule has 0 aliphatic carbocycles. The molecule has 5 nitrogen and oxygen atoms in total. The first-order valence-corrected chi connectivity index (χ1v) is 7.35. The van der Waals surface area contributed by atoms with Gasteiger partial charge in [-0.2, -0.15) is 0 Å². The van der Waals surface area contributed by atoms with Crippen LogP contribution in [0.5, 0.6) is 0 Å². The third kappa shape index (κ3) is 2.94. The van der Waals surface area contributed by atoms with Crippen molar-refractivity contribution in [2.45, 2.75) is 18.4 Å². The summed E-state index contributed by atoms with van der Waals surface area (Å²) in [6.45, 7) is 1.55. The van der Waals surface area contributed by atoms with E-state index in [-0.39, 0.29) is 17.0 Å². The van der Waals surface area contributed by atoms with E-state index in [2.05, 4.69) is 9.71 Å². The van der Waals surface area contributed by atoms with Gasteiger partial charge < -0.3 is 5.73 Å². The third-order valence-corrected chi connectivity index (χ3v) is 4.18. The Morgan fingerprint density at radius 3 is 2.75 bits per heavy atom. The molecular formula is C13H14FN3O2S. The maximum atomic E-state index is 13.6. The van der Waals surface area contributed by atoms with Crippen LogP contribution in [-0.4, -0.2) is 13.4 Å². The summed E-state index contributed by atoms with van der Waals surface area (Å²) in [5, 5.41) is 0. The molecule has 0 aliphatic heterocycles. The van der Waals surface area contributed by atoms with Crippen LogP contribution < -0.4 is 10.5 Å². The summed E-state index contributed by atoms with van der Waals surface area (Å²) in [5.41, 5.74) is 6.42. The first-order chi connectivity index (χ1) is 9.44. The summed E-state index contributed by atoms with van der Waals surface area (Å²) in [7, 11) is -3.89. The summed E-state index contributed by atoms with van der Waals surface area (Å²) in [5.74, 6) is -0.638. The van der Waals surface area contributed by atoms with Crippen molar-refractivity contribution < 1.29 is 12.8 Å².